The fraction of sp³-hybridized carbons (Fsp3) is 0.343. The van der Waals surface area contributed by atoms with Gasteiger partial charge in [0.05, 0.1) is 4.92 Å². The maximum atomic E-state index is 13.4. The Morgan fingerprint density at radius 2 is 1.57 bits per heavy atom. The summed E-state index contributed by atoms with van der Waals surface area (Å²) in [6.07, 6.45) is 5.63. The van der Waals surface area contributed by atoms with Crippen molar-refractivity contribution >= 4 is 53.1 Å². The first-order valence-corrected chi connectivity index (χ1v) is 16.6. The van der Waals surface area contributed by atoms with Crippen LogP contribution < -0.4 is 31.7 Å². The number of nitrogens with two attached hydrogens (primary N) is 1. The molecule has 2 atom stereocenters. The molecule has 6 N–H and O–H groups in total. The van der Waals surface area contributed by atoms with E-state index in [1.165, 1.54) is 60.8 Å². The zero-order chi connectivity index (χ0) is 38.9. The van der Waals surface area contributed by atoms with Gasteiger partial charge < -0.3 is 36.5 Å². The van der Waals surface area contributed by atoms with E-state index in [2.05, 4.69) is 21.3 Å². The molecule has 2 aromatic carbocycles. The number of anilines is 1. The van der Waals surface area contributed by atoms with Crippen LogP contribution in [0.1, 0.15) is 51.5 Å². The second kappa shape index (κ2) is 20.3. The third kappa shape index (κ3) is 13.9. The summed E-state index contributed by atoms with van der Waals surface area (Å²) in [5.74, 6) is -2.64. The lowest BCUT2D eigenvalue weighted by atomic mass is 10.0. The van der Waals surface area contributed by atoms with Crippen LogP contribution in [0.3, 0.4) is 0 Å². The van der Waals surface area contributed by atoms with Crippen molar-refractivity contribution < 1.29 is 48.0 Å². The number of nitrogens with one attached hydrogen (secondary N) is 4. The van der Waals surface area contributed by atoms with Gasteiger partial charge in [0.25, 0.3) is 17.5 Å². The van der Waals surface area contributed by atoms with Crippen molar-refractivity contribution in [3.63, 3.8) is 0 Å². The summed E-state index contributed by atoms with van der Waals surface area (Å²) in [5, 5.41) is 21.1. The van der Waals surface area contributed by atoms with Gasteiger partial charge in [0, 0.05) is 49.1 Å². The number of ether oxygens (including phenoxy) is 2. The SMILES string of the molecule is CC(C)[C@@H](NC(=O)CCCCCN1C(=O)C=CC1=O)C(=O)N[C@@H](C/C=C/NC(N)=O)C(=O)Nc1ccc(COC(=O)Oc2ccc([N+](=O)[O-])cc2)cc1. The van der Waals surface area contributed by atoms with Gasteiger partial charge >= 0.3 is 12.2 Å². The number of hydrogen-bond acceptors (Lipinski definition) is 11. The molecule has 282 valence electrons. The van der Waals surface area contributed by atoms with Crippen molar-refractivity contribution in [3.8, 4) is 5.75 Å². The number of carbonyl (C=O) groups is 7. The topological polar surface area (TPSA) is 258 Å². The molecule has 0 aliphatic carbocycles. The van der Waals surface area contributed by atoms with Crippen LogP contribution in [-0.2, 0) is 35.3 Å². The highest BCUT2D eigenvalue weighted by atomic mass is 16.7. The fourth-order valence-electron chi connectivity index (χ4n) is 4.82. The molecule has 0 bridgehead atoms. The van der Waals surface area contributed by atoms with E-state index in [9.17, 15) is 43.7 Å². The van der Waals surface area contributed by atoms with Gasteiger partial charge in [-0.15, -0.1) is 0 Å². The molecule has 2 aromatic rings. The van der Waals surface area contributed by atoms with Crippen molar-refractivity contribution in [2.45, 2.75) is 64.6 Å². The number of primary amides is 1. The summed E-state index contributed by atoms with van der Waals surface area (Å²) in [6.45, 7) is 3.53. The quantitative estimate of drug-likeness (QED) is 0.0350. The lowest BCUT2D eigenvalue weighted by Crippen LogP contribution is -2.54. The van der Waals surface area contributed by atoms with Crippen LogP contribution in [0.5, 0.6) is 5.75 Å². The number of non-ortho nitro benzene ring substituents is 1. The summed E-state index contributed by atoms with van der Waals surface area (Å²) < 4.78 is 10.1. The Morgan fingerprint density at radius 3 is 2.17 bits per heavy atom. The van der Waals surface area contributed by atoms with Crippen LogP contribution in [0, 0.1) is 16.0 Å². The van der Waals surface area contributed by atoms with Crippen LogP contribution in [0.2, 0.25) is 0 Å². The maximum absolute atomic E-state index is 13.4. The summed E-state index contributed by atoms with van der Waals surface area (Å²) in [4.78, 5) is 97.2. The Bertz CT molecular complexity index is 1710. The molecule has 3 rings (SSSR count). The largest absolute Gasteiger partial charge is 0.514 e. The third-order valence-electron chi connectivity index (χ3n) is 7.63. The average Bonchev–Trinajstić information content (AvgIpc) is 3.43. The third-order valence-corrected chi connectivity index (χ3v) is 7.63. The van der Waals surface area contributed by atoms with Gasteiger partial charge in [-0.05, 0) is 55.0 Å². The molecule has 18 heteroatoms. The minimum atomic E-state index is -1.14. The number of rotatable bonds is 19. The lowest BCUT2D eigenvalue weighted by Gasteiger charge is -2.25. The molecule has 0 unspecified atom stereocenters. The number of urea groups is 1. The number of unbranched alkanes of at least 4 members (excludes halogenated alkanes) is 2. The van der Waals surface area contributed by atoms with Gasteiger partial charge in [0.2, 0.25) is 17.7 Å². The molecule has 53 heavy (non-hydrogen) atoms. The van der Waals surface area contributed by atoms with E-state index in [1.807, 2.05) is 0 Å². The van der Waals surface area contributed by atoms with Crippen molar-refractivity contribution in [2.75, 3.05) is 11.9 Å². The van der Waals surface area contributed by atoms with Gasteiger partial charge in [-0.3, -0.25) is 39.0 Å². The van der Waals surface area contributed by atoms with E-state index in [0.29, 0.717) is 30.5 Å². The summed E-state index contributed by atoms with van der Waals surface area (Å²) in [6, 6.07) is 8.14. The maximum Gasteiger partial charge on any atom is 0.514 e. The van der Waals surface area contributed by atoms with Crippen LogP contribution in [0.4, 0.5) is 21.0 Å². The van der Waals surface area contributed by atoms with Crippen molar-refractivity contribution in [2.24, 2.45) is 11.7 Å². The Hall–Kier alpha value is -6.59. The zero-order valence-electron chi connectivity index (χ0n) is 29.1. The molecule has 0 fully saturated rings. The first-order chi connectivity index (χ1) is 25.2. The Kier molecular flexibility index (Phi) is 15.6. The van der Waals surface area contributed by atoms with Crippen molar-refractivity contribution in [1.29, 1.82) is 0 Å². The number of nitro benzene ring substituents is 1. The van der Waals surface area contributed by atoms with Gasteiger partial charge in [-0.25, -0.2) is 9.59 Å². The van der Waals surface area contributed by atoms with E-state index in [0.717, 1.165) is 4.90 Å². The van der Waals surface area contributed by atoms with E-state index < -0.39 is 41.0 Å². The first kappa shape index (κ1) is 40.8. The molecule has 18 nitrogen and oxygen atoms in total. The second-order valence-electron chi connectivity index (χ2n) is 12.0. The van der Waals surface area contributed by atoms with Crippen LogP contribution in [0.25, 0.3) is 0 Å². The molecular weight excluding hydrogens is 694 g/mol. The monoisotopic (exact) mass is 735 g/mol. The van der Waals surface area contributed by atoms with Crippen molar-refractivity contribution in [1.82, 2.24) is 20.9 Å². The number of nitro groups is 1. The molecule has 0 aromatic heterocycles. The molecule has 0 radical (unpaired) electrons. The highest BCUT2D eigenvalue weighted by Gasteiger charge is 2.29. The van der Waals surface area contributed by atoms with E-state index in [4.69, 9.17) is 15.2 Å². The summed E-state index contributed by atoms with van der Waals surface area (Å²) >= 11 is 0. The Labute approximate surface area is 304 Å². The highest BCUT2D eigenvalue weighted by Crippen LogP contribution is 2.18. The molecule has 7 amide bonds. The lowest BCUT2D eigenvalue weighted by molar-refractivity contribution is -0.384. The molecule has 1 aliphatic heterocycles. The molecule has 1 aliphatic rings. The molecule has 0 spiro atoms. The highest BCUT2D eigenvalue weighted by molar-refractivity contribution is 6.12. The predicted octanol–water partition coefficient (Wildman–Crippen LogP) is 2.93. The van der Waals surface area contributed by atoms with E-state index in [1.54, 1.807) is 26.0 Å². The van der Waals surface area contributed by atoms with Gasteiger partial charge in [-0.2, -0.15) is 0 Å². The number of carbonyl (C=O) groups excluding carboxylic acids is 7. The van der Waals surface area contributed by atoms with Crippen LogP contribution >= 0.6 is 0 Å². The normalized spacial score (nSPS) is 13.4. The number of amides is 7. The smallest absolute Gasteiger partial charge is 0.429 e. The second-order valence-corrected chi connectivity index (χ2v) is 12.0. The number of imide groups is 1. The van der Waals surface area contributed by atoms with Crippen molar-refractivity contribution in [3.05, 3.63) is 88.6 Å². The minimum absolute atomic E-state index is 0.0560. The number of hydrogen-bond donors (Lipinski definition) is 5. The van der Waals surface area contributed by atoms with E-state index in [-0.39, 0.29) is 61.1 Å². The fourth-order valence-corrected chi connectivity index (χ4v) is 4.82. The summed E-state index contributed by atoms with van der Waals surface area (Å²) in [7, 11) is 0. The van der Waals surface area contributed by atoms with Gasteiger partial charge in [-0.1, -0.05) is 38.5 Å². The van der Waals surface area contributed by atoms with Crippen LogP contribution in [-0.4, -0.2) is 70.2 Å². The predicted molar refractivity (Wildman–Crippen MR) is 188 cm³/mol. The Balaban J connectivity index is 1.53. The van der Waals surface area contributed by atoms with Gasteiger partial charge in [0.1, 0.15) is 24.4 Å². The van der Waals surface area contributed by atoms with Crippen LogP contribution in [0.15, 0.2) is 73.0 Å². The first-order valence-electron chi connectivity index (χ1n) is 16.6. The molecule has 1 heterocycles. The number of nitrogens with zero attached hydrogens (tertiary/aromatic N) is 2. The minimum Gasteiger partial charge on any atom is -0.429 e. The van der Waals surface area contributed by atoms with Gasteiger partial charge in [0.15, 0.2) is 0 Å². The average molecular weight is 736 g/mol. The molecule has 0 saturated heterocycles. The number of benzene rings is 2. The molecular formula is C35H41N7O11. The molecule has 0 saturated carbocycles. The van der Waals surface area contributed by atoms with E-state index >= 15 is 0 Å². The zero-order valence-corrected chi connectivity index (χ0v) is 29.1. The standard InChI is InChI=1S/C35H41N7O11/c1-22(2)31(40-28(43)8-4-3-5-20-41-29(44)17-18-30(41)45)33(47)39-27(7-6-19-37-34(36)48)32(46)38-24-11-9-23(10-12-24)21-52-35(49)53-26-15-13-25(14-16-26)42(50)51/h6,9-19,22,27,31H,3-5,7-8,20-21H2,1-2H3,(H,38,46)(H,39,47)(H,40,43)(H3,36,37,48)/b19-6+/t27-,31+/m0/s1. The Morgan fingerprint density at radius 1 is 0.906 bits per heavy atom. The summed E-state index contributed by atoms with van der Waals surface area (Å²) in [5.41, 5.74) is 5.80.